The monoisotopic (exact) mass is 481 g/mol. The Balaban J connectivity index is 0.00000160. The first-order valence-electron chi connectivity index (χ1n) is 8.35. The fourth-order valence-electron chi connectivity index (χ4n) is 3.63. The van der Waals surface area contributed by atoms with E-state index in [1.54, 1.807) is 32.2 Å². The molecule has 4 rings (SSSR count). The van der Waals surface area contributed by atoms with Crippen molar-refractivity contribution in [2.75, 3.05) is 0 Å². The molecule has 2 aromatic rings. The Morgan fingerprint density at radius 2 is 2.07 bits per heavy atom. The number of hydrogen-bond acceptors (Lipinski definition) is 8. The molecule has 4 heterocycles. The predicted octanol–water partition coefficient (Wildman–Crippen LogP) is -2.55. The summed E-state index contributed by atoms with van der Waals surface area (Å²) in [4.78, 5) is 38.2. The van der Waals surface area contributed by atoms with Crippen molar-refractivity contribution in [1.29, 1.82) is 0 Å². The number of β-lactam (4-membered cyclic amide) rings is 1. The maximum atomic E-state index is 12.9. The third-order valence-electron chi connectivity index (χ3n) is 4.91. The molecule has 2 aromatic heterocycles. The first-order valence-corrected chi connectivity index (χ1v) is 10.5. The second kappa shape index (κ2) is 8.81. The summed E-state index contributed by atoms with van der Waals surface area (Å²) in [6.45, 7) is 5.08. The van der Waals surface area contributed by atoms with Gasteiger partial charge in [-0.15, -0.1) is 23.1 Å². The molecule has 2 fully saturated rings. The normalized spacial score (nSPS) is 23.7. The number of amides is 2. The van der Waals surface area contributed by atoms with E-state index in [1.165, 1.54) is 28.0 Å². The zero-order valence-corrected chi connectivity index (χ0v) is 20.9. The molecule has 0 saturated carbocycles. The van der Waals surface area contributed by atoms with E-state index in [-0.39, 0.29) is 40.6 Å². The molecule has 3 N–H and O–H groups in total. The molecule has 0 unspecified atom stereocenters. The van der Waals surface area contributed by atoms with Crippen LogP contribution in [0.2, 0.25) is 4.34 Å². The van der Waals surface area contributed by atoms with Crippen LogP contribution >= 0.6 is 34.7 Å². The zero-order chi connectivity index (χ0) is 20.4. The van der Waals surface area contributed by atoms with Gasteiger partial charge in [-0.3, -0.25) is 9.59 Å². The van der Waals surface area contributed by atoms with Crippen LogP contribution in [0.3, 0.4) is 0 Å². The van der Waals surface area contributed by atoms with Crippen LogP contribution in [0.25, 0.3) is 11.3 Å². The molecular weight excluding hydrogens is 465 g/mol. The molecule has 2 amide bonds. The molecule has 3 atom stereocenters. The minimum Gasteiger partial charge on any atom is -0.548 e. The number of carbonyl (C=O) groups excluding carboxylic acids is 3. The molecule has 30 heavy (non-hydrogen) atoms. The van der Waals surface area contributed by atoms with Gasteiger partial charge in [0.2, 0.25) is 5.91 Å². The Hall–Kier alpha value is -1.08. The number of nitrogens with zero attached hydrogens (tertiary/aromatic N) is 2. The number of fused-ring (bicyclic) bond motifs is 1. The molecular formula is C17H17ClN3NaO6S2. The molecule has 0 bridgehead atoms. The van der Waals surface area contributed by atoms with Crippen molar-refractivity contribution in [2.45, 2.75) is 43.0 Å². The maximum Gasteiger partial charge on any atom is 1.00 e. The minimum absolute atomic E-state index is 0. The Morgan fingerprint density at radius 1 is 1.40 bits per heavy atom. The number of aliphatic carboxylic acids is 1. The first-order chi connectivity index (χ1) is 13.1. The van der Waals surface area contributed by atoms with Crippen molar-refractivity contribution in [1.82, 2.24) is 15.4 Å². The number of carboxylic acids is 1. The van der Waals surface area contributed by atoms with Crippen molar-refractivity contribution < 1.29 is 59.0 Å². The summed E-state index contributed by atoms with van der Waals surface area (Å²) in [5, 5.41) is 19.4. The first kappa shape index (κ1) is 25.2. The molecule has 2 aliphatic heterocycles. The molecule has 2 saturated heterocycles. The van der Waals surface area contributed by atoms with Crippen LogP contribution in [0.4, 0.5) is 0 Å². The number of carboxylic acid groups (broad SMARTS) is 1. The van der Waals surface area contributed by atoms with Crippen LogP contribution in [-0.2, 0) is 9.59 Å². The smallest absolute Gasteiger partial charge is 0.548 e. The molecule has 0 aromatic carbocycles. The molecule has 0 spiro atoms. The van der Waals surface area contributed by atoms with Gasteiger partial charge in [0.05, 0.1) is 12.0 Å². The second-order valence-electron chi connectivity index (χ2n) is 7.10. The average molecular weight is 482 g/mol. The number of hydrogen-bond donors (Lipinski definition) is 1. The fraction of sp³-hybridized carbons (Fsp3) is 0.412. The molecule has 9 nitrogen and oxygen atoms in total. The van der Waals surface area contributed by atoms with E-state index in [0.717, 1.165) is 0 Å². The van der Waals surface area contributed by atoms with Gasteiger partial charge in [-0.2, -0.15) is 0 Å². The summed E-state index contributed by atoms with van der Waals surface area (Å²) in [6.07, 6.45) is 0. The van der Waals surface area contributed by atoms with E-state index >= 15 is 0 Å². The number of rotatable bonds is 4. The number of aromatic nitrogens is 1. The number of aryl methyl sites for hydroxylation is 1. The standard InChI is InChI=1S/C17H16ClN3O5S2.Na.H2O/c1-6-8(9(20-26-6)7-4-5-27-12(7)18)13(22)19-10-14(23)21-11(16(24)25)17(2,3)28-15(10)21;;/h4-5,10-11,15H,1-3H3,(H,19,22)(H,24,25);;1H2/q;+1;/p-1/t10-,11+,15-;;/m1../s1. The van der Waals surface area contributed by atoms with Gasteiger partial charge < -0.3 is 30.1 Å². The molecule has 156 valence electrons. The number of carbonyl (C=O) groups is 3. The molecule has 0 radical (unpaired) electrons. The fourth-order valence-corrected chi connectivity index (χ4v) is 6.17. The van der Waals surface area contributed by atoms with Crippen LogP contribution in [0.1, 0.15) is 30.0 Å². The Labute approximate surface area is 207 Å². The van der Waals surface area contributed by atoms with E-state index in [2.05, 4.69) is 10.5 Å². The number of nitrogens with one attached hydrogen (secondary N) is 1. The topological polar surface area (TPSA) is 147 Å². The van der Waals surface area contributed by atoms with Gasteiger partial charge in [-0.1, -0.05) is 16.8 Å². The zero-order valence-electron chi connectivity index (χ0n) is 16.5. The average Bonchev–Trinajstić information content (AvgIpc) is 3.26. The van der Waals surface area contributed by atoms with E-state index in [1.807, 2.05) is 0 Å². The Morgan fingerprint density at radius 3 is 2.63 bits per heavy atom. The van der Waals surface area contributed by atoms with Gasteiger partial charge in [0.15, 0.2) is 0 Å². The van der Waals surface area contributed by atoms with Crippen LogP contribution in [0.15, 0.2) is 16.0 Å². The summed E-state index contributed by atoms with van der Waals surface area (Å²) >= 11 is 8.78. The van der Waals surface area contributed by atoms with Gasteiger partial charge in [0.1, 0.15) is 32.8 Å². The van der Waals surface area contributed by atoms with Gasteiger partial charge in [-0.05, 0) is 32.2 Å². The summed E-state index contributed by atoms with van der Waals surface area (Å²) in [7, 11) is 0. The van der Waals surface area contributed by atoms with Gasteiger partial charge in [-0.25, -0.2) is 0 Å². The summed E-state index contributed by atoms with van der Waals surface area (Å²) < 4.78 is 4.92. The van der Waals surface area contributed by atoms with Gasteiger partial charge in [0, 0.05) is 10.3 Å². The molecule has 2 aliphatic rings. The minimum atomic E-state index is -1.30. The number of halogens is 1. The second-order valence-corrected chi connectivity index (χ2v) is 10.4. The van der Waals surface area contributed by atoms with E-state index in [9.17, 15) is 19.5 Å². The van der Waals surface area contributed by atoms with E-state index < -0.39 is 40.0 Å². The number of thioether (sulfide) groups is 1. The van der Waals surface area contributed by atoms with Gasteiger partial charge >= 0.3 is 29.6 Å². The predicted molar refractivity (Wildman–Crippen MR) is 106 cm³/mol. The van der Waals surface area contributed by atoms with Crippen molar-refractivity contribution in [3.05, 3.63) is 27.1 Å². The Kier molecular flexibility index (Phi) is 7.40. The molecule has 13 heteroatoms. The number of thiophene rings is 1. The summed E-state index contributed by atoms with van der Waals surface area (Å²) in [5.41, 5.74) is 1.07. The Bertz CT molecular complexity index is 1010. The van der Waals surface area contributed by atoms with Crippen LogP contribution in [0, 0.1) is 6.92 Å². The SMILES string of the molecule is Cc1onc(-c2ccsc2Cl)c1C(=O)N[C@@H]1C(=O)N2[C@@H]1SC(C)(C)[C@@H]2C(=O)[O-].O.[Na+]. The molecule has 0 aliphatic carbocycles. The van der Waals surface area contributed by atoms with Crippen molar-refractivity contribution >= 4 is 52.5 Å². The quantitative estimate of drug-likeness (QED) is 0.373. The van der Waals surface area contributed by atoms with Crippen LogP contribution < -0.4 is 40.0 Å². The van der Waals surface area contributed by atoms with E-state index in [0.29, 0.717) is 21.4 Å². The third kappa shape index (κ3) is 3.81. The summed E-state index contributed by atoms with van der Waals surface area (Å²) in [6, 6.07) is -0.140. The van der Waals surface area contributed by atoms with Crippen molar-refractivity contribution in [3.8, 4) is 11.3 Å². The van der Waals surface area contributed by atoms with E-state index in [4.69, 9.17) is 16.1 Å². The third-order valence-corrected chi connectivity index (χ3v) is 7.66. The maximum absolute atomic E-state index is 12.9. The van der Waals surface area contributed by atoms with Gasteiger partial charge in [0.25, 0.3) is 5.91 Å². The van der Waals surface area contributed by atoms with Crippen LogP contribution in [-0.4, -0.2) is 55.5 Å². The largest absolute Gasteiger partial charge is 1.00 e. The summed E-state index contributed by atoms with van der Waals surface area (Å²) in [5.74, 6) is -1.98. The van der Waals surface area contributed by atoms with Crippen molar-refractivity contribution in [2.24, 2.45) is 0 Å². The van der Waals surface area contributed by atoms with Crippen LogP contribution in [0.5, 0.6) is 0 Å². The van der Waals surface area contributed by atoms with Crippen molar-refractivity contribution in [3.63, 3.8) is 0 Å².